The van der Waals surface area contributed by atoms with Gasteiger partial charge in [-0.05, 0) is 54.8 Å². The van der Waals surface area contributed by atoms with Crippen molar-refractivity contribution < 1.29 is 19.0 Å². The number of H-pyrrole nitrogens is 1. The fourth-order valence-electron chi connectivity index (χ4n) is 5.03. The number of amides is 2. The maximum absolute atomic E-state index is 13.6. The molecule has 3 aromatic carbocycles. The molecule has 178 valence electrons. The summed E-state index contributed by atoms with van der Waals surface area (Å²) in [4.78, 5) is 19.1. The molecule has 0 aliphatic carbocycles. The Kier molecular flexibility index (Phi) is 5.25. The van der Waals surface area contributed by atoms with E-state index in [0.717, 1.165) is 34.3 Å². The minimum absolute atomic E-state index is 0.158. The van der Waals surface area contributed by atoms with Gasteiger partial charge < -0.3 is 29.4 Å². The monoisotopic (exact) mass is 469 g/mol. The molecule has 0 radical (unpaired) electrons. The number of fused-ring (bicyclic) bond motifs is 4. The molecule has 6 rings (SSSR count). The molecule has 1 aromatic heterocycles. The Bertz CT molecular complexity index is 1410. The summed E-state index contributed by atoms with van der Waals surface area (Å²) in [5.74, 6) is 2.17. The van der Waals surface area contributed by atoms with Crippen molar-refractivity contribution in [2.45, 2.75) is 19.4 Å². The number of rotatable bonds is 3. The number of urea groups is 1. The van der Waals surface area contributed by atoms with Crippen LogP contribution in [-0.4, -0.2) is 42.8 Å². The third-order valence-corrected chi connectivity index (χ3v) is 6.78. The van der Waals surface area contributed by atoms with Crippen LogP contribution in [0.1, 0.15) is 28.4 Å². The Hall–Kier alpha value is -4.13. The van der Waals surface area contributed by atoms with E-state index >= 15 is 0 Å². The predicted octanol–water partition coefficient (Wildman–Crippen LogP) is 5.44. The van der Waals surface area contributed by atoms with Crippen LogP contribution in [0.3, 0.4) is 0 Å². The Balaban J connectivity index is 1.38. The summed E-state index contributed by atoms with van der Waals surface area (Å²) in [6.07, 6.45) is 0.749. The fraction of sp³-hybridized carbons (Fsp3) is 0.250. The van der Waals surface area contributed by atoms with E-state index in [1.54, 1.807) is 7.11 Å². The largest absolute Gasteiger partial charge is 0.497 e. The van der Waals surface area contributed by atoms with Gasteiger partial charge in [-0.15, -0.1) is 0 Å². The maximum Gasteiger partial charge on any atom is 0.322 e. The van der Waals surface area contributed by atoms with Crippen molar-refractivity contribution in [3.63, 3.8) is 0 Å². The van der Waals surface area contributed by atoms with Crippen LogP contribution in [0.2, 0.25) is 0 Å². The third-order valence-electron chi connectivity index (χ3n) is 6.78. The van der Waals surface area contributed by atoms with Gasteiger partial charge in [0, 0.05) is 34.9 Å². The molecule has 2 aliphatic rings. The molecule has 7 heteroatoms. The molecule has 0 unspecified atom stereocenters. The molecule has 7 nitrogen and oxygen atoms in total. The van der Waals surface area contributed by atoms with Crippen LogP contribution in [-0.2, 0) is 6.42 Å². The fourth-order valence-corrected chi connectivity index (χ4v) is 5.03. The second kappa shape index (κ2) is 8.58. The van der Waals surface area contributed by atoms with Crippen LogP contribution < -0.4 is 19.5 Å². The van der Waals surface area contributed by atoms with Crippen LogP contribution >= 0.6 is 0 Å². The first kappa shape index (κ1) is 21.4. The lowest BCUT2D eigenvalue weighted by Crippen LogP contribution is -2.43. The first-order valence-electron chi connectivity index (χ1n) is 11.8. The van der Waals surface area contributed by atoms with Gasteiger partial charge in [0.2, 0.25) is 0 Å². The lowest BCUT2D eigenvalue weighted by atomic mass is 9.92. The van der Waals surface area contributed by atoms with Gasteiger partial charge in [-0.3, -0.25) is 0 Å². The van der Waals surface area contributed by atoms with E-state index in [2.05, 4.69) is 47.6 Å². The average molecular weight is 470 g/mol. The van der Waals surface area contributed by atoms with Crippen molar-refractivity contribution in [1.29, 1.82) is 0 Å². The Morgan fingerprint density at radius 2 is 1.83 bits per heavy atom. The number of methoxy groups -OCH3 is 1. The minimum Gasteiger partial charge on any atom is -0.497 e. The molecular weight excluding hydrogens is 442 g/mol. The summed E-state index contributed by atoms with van der Waals surface area (Å²) in [6.45, 7) is 3.69. The van der Waals surface area contributed by atoms with E-state index < -0.39 is 0 Å². The summed E-state index contributed by atoms with van der Waals surface area (Å²) >= 11 is 0. The van der Waals surface area contributed by atoms with Crippen molar-refractivity contribution in [1.82, 2.24) is 9.88 Å². The SMILES string of the molecule is COc1ccc2[nH]c3c(c2c1)CCN(C(=O)Nc1ccc2c(c1)OCCO2)[C@@H]3c1ccc(C)cc1. The summed E-state index contributed by atoms with van der Waals surface area (Å²) in [7, 11) is 1.68. The molecule has 0 bridgehead atoms. The number of carbonyl (C=O) groups is 1. The normalized spacial score (nSPS) is 16.6. The lowest BCUT2D eigenvalue weighted by Gasteiger charge is -2.36. The molecule has 2 amide bonds. The van der Waals surface area contributed by atoms with Crippen LogP contribution in [0.25, 0.3) is 10.9 Å². The van der Waals surface area contributed by atoms with Gasteiger partial charge in [-0.2, -0.15) is 0 Å². The first-order valence-corrected chi connectivity index (χ1v) is 11.8. The average Bonchev–Trinajstić information content (AvgIpc) is 3.26. The highest BCUT2D eigenvalue weighted by atomic mass is 16.6. The second-order valence-electron chi connectivity index (χ2n) is 8.97. The first-order chi connectivity index (χ1) is 17.1. The smallest absolute Gasteiger partial charge is 0.322 e. The lowest BCUT2D eigenvalue weighted by molar-refractivity contribution is 0.171. The highest BCUT2D eigenvalue weighted by Gasteiger charge is 2.35. The van der Waals surface area contributed by atoms with E-state index in [4.69, 9.17) is 14.2 Å². The predicted molar refractivity (Wildman–Crippen MR) is 135 cm³/mol. The van der Waals surface area contributed by atoms with Crippen LogP contribution in [0.5, 0.6) is 17.2 Å². The van der Waals surface area contributed by atoms with E-state index in [1.165, 1.54) is 11.1 Å². The highest BCUT2D eigenvalue weighted by molar-refractivity contribution is 5.92. The molecule has 2 N–H and O–H groups in total. The van der Waals surface area contributed by atoms with Gasteiger partial charge in [0.25, 0.3) is 0 Å². The number of aromatic nitrogens is 1. The van der Waals surface area contributed by atoms with Gasteiger partial charge >= 0.3 is 6.03 Å². The molecule has 0 saturated carbocycles. The molecule has 1 atom stereocenters. The zero-order valence-electron chi connectivity index (χ0n) is 19.8. The zero-order valence-corrected chi connectivity index (χ0v) is 19.8. The number of nitrogens with one attached hydrogen (secondary N) is 2. The molecule has 2 aliphatic heterocycles. The molecule has 3 heterocycles. The molecule has 0 spiro atoms. The number of aromatic amines is 1. The Morgan fingerprint density at radius 1 is 1.03 bits per heavy atom. The topological polar surface area (TPSA) is 75.8 Å². The van der Waals surface area contributed by atoms with Gasteiger partial charge in [-0.25, -0.2) is 4.79 Å². The molecular formula is C28H27N3O4. The molecule has 35 heavy (non-hydrogen) atoms. The molecule has 4 aromatic rings. The number of aryl methyl sites for hydroxylation is 1. The number of hydrogen-bond acceptors (Lipinski definition) is 4. The summed E-state index contributed by atoms with van der Waals surface area (Å²) in [6, 6.07) is 19.5. The van der Waals surface area contributed by atoms with E-state index in [-0.39, 0.29) is 12.1 Å². The minimum atomic E-state index is -0.241. The van der Waals surface area contributed by atoms with Crippen LogP contribution in [0.15, 0.2) is 60.7 Å². The summed E-state index contributed by atoms with van der Waals surface area (Å²) < 4.78 is 16.8. The summed E-state index contributed by atoms with van der Waals surface area (Å²) in [5, 5.41) is 4.22. The van der Waals surface area contributed by atoms with Crippen molar-refractivity contribution in [2.75, 3.05) is 32.2 Å². The van der Waals surface area contributed by atoms with Gasteiger partial charge in [0.1, 0.15) is 19.0 Å². The maximum atomic E-state index is 13.6. The van der Waals surface area contributed by atoms with Crippen molar-refractivity contribution >= 4 is 22.6 Å². The molecule has 0 fully saturated rings. The standard InChI is InChI=1S/C28H27N3O4/c1-17-3-5-18(6-4-17)27-26-21(22-16-20(33-2)8-9-23(22)30-26)11-12-31(27)28(32)29-19-7-10-24-25(15-19)35-14-13-34-24/h3-10,15-16,27,30H,11-14H2,1-2H3,(H,29,32)/t27-/m1/s1. The van der Waals surface area contributed by atoms with Crippen molar-refractivity contribution in [2.24, 2.45) is 0 Å². The van der Waals surface area contributed by atoms with Gasteiger partial charge in [0.05, 0.1) is 13.2 Å². The number of nitrogens with zero attached hydrogens (tertiary/aromatic N) is 1. The van der Waals surface area contributed by atoms with E-state index in [0.29, 0.717) is 36.9 Å². The summed E-state index contributed by atoms with van der Waals surface area (Å²) in [5.41, 5.74) is 6.23. The number of carbonyl (C=O) groups excluding carboxylic acids is 1. The van der Waals surface area contributed by atoms with E-state index in [1.807, 2.05) is 35.2 Å². The third kappa shape index (κ3) is 3.83. The van der Waals surface area contributed by atoms with Crippen LogP contribution in [0.4, 0.5) is 10.5 Å². The highest BCUT2D eigenvalue weighted by Crippen LogP contribution is 2.40. The second-order valence-corrected chi connectivity index (χ2v) is 8.97. The van der Waals surface area contributed by atoms with Crippen molar-refractivity contribution in [3.8, 4) is 17.2 Å². The van der Waals surface area contributed by atoms with E-state index in [9.17, 15) is 4.79 Å². The number of ether oxygens (including phenoxy) is 3. The Labute approximate surface area is 203 Å². The molecule has 0 saturated heterocycles. The number of anilines is 1. The van der Waals surface area contributed by atoms with Crippen molar-refractivity contribution in [3.05, 3.63) is 83.0 Å². The van der Waals surface area contributed by atoms with Crippen LogP contribution in [0, 0.1) is 6.92 Å². The van der Waals surface area contributed by atoms with Gasteiger partial charge in [-0.1, -0.05) is 29.8 Å². The quantitative estimate of drug-likeness (QED) is 0.419. The van der Waals surface area contributed by atoms with Gasteiger partial charge in [0.15, 0.2) is 11.5 Å². The number of hydrogen-bond donors (Lipinski definition) is 2. The Morgan fingerprint density at radius 3 is 2.63 bits per heavy atom. The number of benzene rings is 3. The zero-order chi connectivity index (χ0) is 23.9.